The number of ether oxygens (including phenoxy) is 1. The zero-order chi connectivity index (χ0) is 16.1. The Bertz CT molecular complexity index is 355. The van der Waals surface area contributed by atoms with Gasteiger partial charge in [-0.05, 0) is 4.92 Å². The molecule has 7 nitrogen and oxygen atoms in total. The minimum absolute atomic E-state index is 0.880. The smallest absolute Gasteiger partial charge is 0.390 e. The van der Waals surface area contributed by atoms with Gasteiger partial charge in [-0.15, -0.1) is 4.99 Å². The third-order valence-corrected chi connectivity index (χ3v) is 1.70. The molecular weight excluding hydrogens is 304 g/mol. The van der Waals surface area contributed by atoms with Crippen molar-refractivity contribution in [2.24, 2.45) is 10.7 Å². The van der Waals surface area contributed by atoms with Crippen LogP contribution in [-0.2, 0) is 4.74 Å². The van der Waals surface area contributed by atoms with Crippen molar-refractivity contribution < 1.29 is 41.1 Å². The first kappa shape index (κ1) is 18.4. The number of rotatable bonds is 5. The van der Waals surface area contributed by atoms with E-state index in [1.54, 1.807) is 0 Å². The van der Waals surface area contributed by atoms with Crippen LogP contribution in [0.4, 0.5) is 26.3 Å². The van der Waals surface area contributed by atoms with Gasteiger partial charge in [0.1, 0.15) is 12.6 Å². The number of nitrogens with zero attached hydrogens (tertiary/aromatic N) is 2. The maximum absolute atomic E-state index is 12.0. The third-order valence-electron chi connectivity index (χ3n) is 1.70. The van der Waals surface area contributed by atoms with Crippen molar-refractivity contribution in [2.45, 2.75) is 24.6 Å². The summed E-state index contributed by atoms with van der Waals surface area (Å²) >= 11 is 0. The number of nitro groups is 1. The van der Waals surface area contributed by atoms with Crippen LogP contribution >= 0.6 is 0 Å². The fraction of sp³-hybridized carbons (Fsp3) is 0.857. The lowest BCUT2D eigenvalue weighted by atomic mass is 10.3. The van der Waals surface area contributed by atoms with Crippen molar-refractivity contribution in [2.75, 3.05) is 13.2 Å². The molecule has 0 aliphatic carbocycles. The van der Waals surface area contributed by atoms with Crippen LogP contribution in [0.1, 0.15) is 0 Å². The molecule has 0 aromatic carbocycles. The van der Waals surface area contributed by atoms with Crippen LogP contribution in [-0.4, -0.2) is 53.7 Å². The Kier molecular flexibility index (Phi) is 6.15. The largest absolute Gasteiger partial charge is 0.423 e. The maximum Gasteiger partial charge on any atom is 0.423 e. The van der Waals surface area contributed by atoms with Gasteiger partial charge in [-0.3, -0.25) is 5.73 Å². The van der Waals surface area contributed by atoms with Gasteiger partial charge in [0.15, 0.2) is 0 Å². The number of alkyl halides is 6. The van der Waals surface area contributed by atoms with E-state index in [1.807, 2.05) is 0 Å². The summed E-state index contributed by atoms with van der Waals surface area (Å²) in [6, 6.07) is 0. The molecule has 1 unspecified atom stereocenters. The summed E-state index contributed by atoms with van der Waals surface area (Å²) < 4.78 is 75.7. The van der Waals surface area contributed by atoms with Crippen LogP contribution in [0.5, 0.6) is 0 Å². The molecule has 0 aromatic rings. The zero-order valence-electron chi connectivity index (χ0n) is 9.48. The first-order valence-corrected chi connectivity index (χ1v) is 4.73. The lowest BCUT2D eigenvalue weighted by molar-refractivity contribution is -0.352. The van der Waals surface area contributed by atoms with E-state index in [2.05, 4.69) is 9.73 Å². The molecule has 118 valence electrons. The standard InChI is InChI=1S/C7H9F6N3O4/c8-6(9,10)4(7(11,12)13)20-2-3(17)1-15-5(14)16(18)19/h3-4,17H,1-2H2,(H2,14,15). The van der Waals surface area contributed by atoms with Gasteiger partial charge >= 0.3 is 18.3 Å². The average molecular weight is 313 g/mol. The second-order valence-electron chi connectivity index (χ2n) is 3.41. The van der Waals surface area contributed by atoms with E-state index in [9.17, 15) is 36.5 Å². The molecule has 0 aliphatic rings. The number of aliphatic hydroxyl groups is 1. The highest BCUT2D eigenvalue weighted by Crippen LogP contribution is 2.35. The van der Waals surface area contributed by atoms with Crippen molar-refractivity contribution in [3.05, 3.63) is 10.1 Å². The summed E-state index contributed by atoms with van der Waals surface area (Å²) in [5.74, 6) is -1.15. The van der Waals surface area contributed by atoms with E-state index in [0.717, 1.165) is 0 Å². The molecule has 0 spiro atoms. The number of hydrogen-bond donors (Lipinski definition) is 2. The highest BCUT2D eigenvalue weighted by Gasteiger charge is 2.58. The SMILES string of the molecule is NC(=NCC(O)COC(C(F)(F)F)C(F)(F)F)[N+](=O)[O-]. The summed E-state index contributed by atoms with van der Waals surface area (Å²) in [4.78, 5) is 11.8. The van der Waals surface area contributed by atoms with E-state index < -0.39 is 48.6 Å². The Morgan fingerprint density at radius 1 is 1.30 bits per heavy atom. The molecule has 0 fully saturated rings. The van der Waals surface area contributed by atoms with Crippen LogP contribution in [0.25, 0.3) is 0 Å². The molecule has 0 amide bonds. The van der Waals surface area contributed by atoms with E-state index in [0.29, 0.717) is 0 Å². The van der Waals surface area contributed by atoms with Crippen LogP contribution < -0.4 is 5.73 Å². The molecule has 0 aliphatic heterocycles. The van der Waals surface area contributed by atoms with Gasteiger partial charge in [0.2, 0.25) is 6.10 Å². The Hall–Kier alpha value is -1.63. The number of halogens is 6. The predicted octanol–water partition coefficient (Wildman–Crippen LogP) is 0.449. The number of guanidine groups is 1. The molecule has 3 N–H and O–H groups in total. The monoisotopic (exact) mass is 313 g/mol. The molecule has 0 saturated heterocycles. The summed E-state index contributed by atoms with van der Waals surface area (Å²) in [6.45, 7) is -2.26. The normalized spacial score (nSPS) is 15.5. The average Bonchev–Trinajstić information content (AvgIpc) is 2.21. The molecule has 0 saturated carbocycles. The zero-order valence-corrected chi connectivity index (χ0v) is 9.48. The Balaban J connectivity index is 4.51. The maximum atomic E-state index is 12.0. The quantitative estimate of drug-likeness (QED) is 0.252. The molecule has 13 heteroatoms. The van der Waals surface area contributed by atoms with Crippen molar-refractivity contribution in [3.8, 4) is 0 Å². The number of aliphatic imine (C=N–C) groups is 1. The van der Waals surface area contributed by atoms with E-state index in [4.69, 9.17) is 10.8 Å². The lowest BCUT2D eigenvalue weighted by Crippen LogP contribution is -2.45. The molecule has 0 bridgehead atoms. The Labute approximate surface area is 107 Å². The molecular formula is C7H9F6N3O4. The van der Waals surface area contributed by atoms with Crippen molar-refractivity contribution in [1.29, 1.82) is 0 Å². The first-order chi connectivity index (χ1) is 8.85. The van der Waals surface area contributed by atoms with Gasteiger partial charge in [0.25, 0.3) is 0 Å². The van der Waals surface area contributed by atoms with Crippen LogP contribution in [0.15, 0.2) is 4.99 Å². The van der Waals surface area contributed by atoms with Crippen LogP contribution in [0.3, 0.4) is 0 Å². The Morgan fingerprint density at radius 2 is 1.75 bits per heavy atom. The molecule has 0 aromatic heterocycles. The van der Waals surface area contributed by atoms with Gasteiger partial charge in [-0.1, -0.05) is 0 Å². The first-order valence-electron chi connectivity index (χ1n) is 4.73. The summed E-state index contributed by atoms with van der Waals surface area (Å²) in [7, 11) is 0. The fourth-order valence-corrected chi connectivity index (χ4v) is 0.891. The lowest BCUT2D eigenvalue weighted by Gasteiger charge is -2.23. The number of nitrogens with two attached hydrogens (primary N) is 1. The van der Waals surface area contributed by atoms with E-state index >= 15 is 0 Å². The number of hydrogen-bond acceptors (Lipinski definition) is 5. The highest BCUT2D eigenvalue weighted by atomic mass is 19.4. The molecule has 0 rings (SSSR count). The van der Waals surface area contributed by atoms with Crippen molar-refractivity contribution >= 4 is 5.96 Å². The Morgan fingerprint density at radius 3 is 2.10 bits per heavy atom. The van der Waals surface area contributed by atoms with E-state index in [-0.39, 0.29) is 0 Å². The van der Waals surface area contributed by atoms with Gasteiger partial charge in [-0.25, -0.2) is 0 Å². The van der Waals surface area contributed by atoms with Gasteiger partial charge in [-0.2, -0.15) is 26.3 Å². The van der Waals surface area contributed by atoms with Gasteiger partial charge < -0.3 is 20.0 Å². The fourth-order valence-electron chi connectivity index (χ4n) is 0.891. The number of aliphatic hydroxyl groups excluding tert-OH is 1. The molecule has 1 atom stereocenters. The topological polar surface area (TPSA) is 111 Å². The second kappa shape index (κ2) is 6.69. The van der Waals surface area contributed by atoms with Crippen molar-refractivity contribution in [1.82, 2.24) is 0 Å². The van der Waals surface area contributed by atoms with E-state index in [1.165, 1.54) is 0 Å². The molecule has 0 heterocycles. The van der Waals surface area contributed by atoms with Crippen molar-refractivity contribution in [3.63, 3.8) is 0 Å². The van der Waals surface area contributed by atoms with Gasteiger partial charge in [0.05, 0.1) is 6.61 Å². The summed E-state index contributed by atoms with van der Waals surface area (Å²) in [6.07, 6.45) is -17.4. The summed E-state index contributed by atoms with van der Waals surface area (Å²) in [5, 5.41) is 19.0. The minimum atomic E-state index is -5.71. The molecule has 20 heavy (non-hydrogen) atoms. The van der Waals surface area contributed by atoms with Crippen LogP contribution in [0.2, 0.25) is 0 Å². The minimum Gasteiger partial charge on any atom is -0.390 e. The molecule has 0 radical (unpaired) electrons. The second-order valence-corrected chi connectivity index (χ2v) is 3.41. The predicted molar refractivity (Wildman–Crippen MR) is 51.3 cm³/mol. The van der Waals surface area contributed by atoms with Gasteiger partial charge in [0, 0.05) is 0 Å². The highest BCUT2D eigenvalue weighted by molar-refractivity contribution is 5.68. The van der Waals surface area contributed by atoms with Crippen LogP contribution in [0, 0.1) is 10.1 Å². The third kappa shape index (κ3) is 6.51. The summed E-state index contributed by atoms with van der Waals surface area (Å²) in [5.41, 5.74) is 4.70.